The summed E-state index contributed by atoms with van der Waals surface area (Å²) in [4.78, 5) is 25.3. The van der Waals surface area contributed by atoms with Gasteiger partial charge in [0.25, 0.3) is 0 Å². The van der Waals surface area contributed by atoms with Crippen LogP contribution in [0.1, 0.15) is 168 Å². The Labute approximate surface area is 416 Å². The lowest BCUT2D eigenvalue weighted by Crippen LogP contribution is -2.71. The largest absolute Gasteiger partial charge is 0.507 e. The van der Waals surface area contributed by atoms with Crippen LogP contribution in [0, 0.1) is 57.7 Å². The molecule has 3 saturated heterocycles. The molecule has 15 atom stereocenters. The highest BCUT2D eigenvalue weighted by Crippen LogP contribution is 2.78. The van der Waals surface area contributed by atoms with Gasteiger partial charge in [-0.2, -0.15) is 0 Å². The molecule has 71 heavy (non-hydrogen) atoms. The molecular formula is C58H74O13. The number of carbonyl (C=O) groups excluding carboxylic acids is 1. The van der Waals surface area contributed by atoms with E-state index in [2.05, 4.69) is 6.08 Å². The Hall–Kier alpha value is -3.56. The van der Waals surface area contributed by atoms with Crippen LogP contribution in [-0.2, 0) is 14.2 Å². The van der Waals surface area contributed by atoms with Gasteiger partial charge in [-0.3, -0.25) is 4.79 Å². The number of hydrogen-bond acceptors (Lipinski definition) is 12. The first-order chi connectivity index (χ1) is 34.0. The number of aromatic carboxylic acids is 1. The van der Waals surface area contributed by atoms with Gasteiger partial charge >= 0.3 is 5.97 Å². The summed E-state index contributed by atoms with van der Waals surface area (Å²) in [5.41, 5.74) is 3.08. The first kappa shape index (κ1) is 47.2. The van der Waals surface area contributed by atoms with E-state index >= 15 is 0 Å². The maximum absolute atomic E-state index is 13.0. The van der Waals surface area contributed by atoms with Crippen LogP contribution in [0.25, 0.3) is 10.8 Å². The Morgan fingerprint density at radius 3 is 2.35 bits per heavy atom. The highest BCUT2D eigenvalue weighted by molar-refractivity contribution is 6.11. The first-order valence-corrected chi connectivity index (χ1v) is 27.5. The highest BCUT2D eigenvalue weighted by Gasteiger charge is 2.71. The van der Waals surface area contributed by atoms with Crippen LogP contribution < -0.4 is 4.74 Å². The van der Waals surface area contributed by atoms with Crippen LogP contribution >= 0.6 is 0 Å². The quantitative estimate of drug-likeness (QED) is 0.102. The van der Waals surface area contributed by atoms with E-state index in [0.717, 1.165) is 25.3 Å². The minimum atomic E-state index is -1.78. The van der Waals surface area contributed by atoms with Gasteiger partial charge in [0.1, 0.15) is 41.2 Å². The van der Waals surface area contributed by atoms with Crippen molar-refractivity contribution in [1.29, 1.82) is 0 Å². The summed E-state index contributed by atoms with van der Waals surface area (Å²) in [6, 6.07) is 2.31. The van der Waals surface area contributed by atoms with Gasteiger partial charge in [0, 0.05) is 29.6 Å². The Balaban J connectivity index is 0.892. The van der Waals surface area contributed by atoms with Crippen molar-refractivity contribution in [1.82, 2.24) is 0 Å². The van der Waals surface area contributed by atoms with Gasteiger partial charge in [0.2, 0.25) is 6.29 Å². The fraction of sp³-hybridized carbons (Fsp3) is 0.724. The van der Waals surface area contributed by atoms with Crippen LogP contribution in [-0.4, -0.2) is 110 Å². The van der Waals surface area contributed by atoms with E-state index in [1.165, 1.54) is 120 Å². The Morgan fingerprint density at radius 1 is 0.873 bits per heavy atom. The molecule has 6 saturated carbocycles. The highest BCUT2D eigenvalue weighted by atomic mass is 16.7. The SMILES string of the molecule is CC(=O)c1c(C)c(O)c2cc(C(=O)O)cc(O[C@@H]3O[C@@H]4[C@@H](O)CC[C@H]5O[C@@]4(C[C@@H]4C6=C5CC=C6[C@]5(CCCO)COC[C@@H]6C[C@@]7(CC[C@@]8(CCC[C@]89CCC8(CCCC8)C9)C7)C[C@H]4[C@H]65)[C@H](O)[C@H]3O)c2c1O. The number of rotatable bonds is 7. The second kappa shape index (κ2) is 16.2. The smallest absolute Gasteiger partial charge is 0.335 e. The van der Waals surface area contributed by atoms with Gasteiger partial charge < -0.3 is 54.7 Å². The number of aromatic hydroxyl groups is 2. The van der Waals surface area contributed by atoms with Crippen LogP contribution in [0.5, 0.6) is 17.2 Å². The van der Waals surface area contributed by atoms with Crippen molar-refractivity contribution in [2.24, 2.45) is 50.7 Å². The van der Waals surface area contributed by atoms with Crippen LogP contribution in [0.2, 0.25) is 0 Å². The molecule has 13 nitrogen and oxygen atoms in total. The van der Waals surface area contributed by atoms with E-state index in [9.17, 15) is 45.3 Å². The zero-order chi connectivity index (χ0) is 49.2. The van der Waals surface area contributed by atoms with Crippen LogP contribution in [0.15, 0.2) is 34.9 Å². The van der Waals surface area contributed by atoms with Gasteiger partial charge in [-0.25, -0.2) is 4.79 Å². The van der Waals surface area contributed by atoms with E-state index in [1.807, 2.05) is 0 Å². The standard InChI is InChI=1S/C58H74O13/c1-30-42(31(2)60)47(63)44-35(46(30)62)21-32(51(66)67)22-41(44)69-52-48(64)49(65)58-25-36-37-24-54(17-19-56(28-54)14-5-13-55(56)18-16-53(27-55)11-3-4-12-53)23-33-26-68-29-57(45(33)37,15-6-20-59)38-8-7-34(43(36)38)40(71-58)10-9-39(61)50(58)70-52/h8,21-22,33,36-37,39-40,45,48-50,52,59,61-65H,3-7,9-20,23-29H2,1-2H3,(H,66,67)/t33-,36-,37+,39-,40+,45-,48+,49+,50+,52+,54-,55+,56-,57-,58-/m0/s1. The first-order valence-electron chi connectivity index (χ1n) is 27.5. The number of ether oxygens (including phenoxy) is 4. The number of carboxylic acid groups (broad SMARTS) is 1. The van der Waals surface area contributed by atoms with Crippen molar-refractivity contribution in [2.45, 2.75) is 191 Å². The van der Waals surface area contributed by atoms with Gasteiger partial charge in [0.05, 0.1) is 35.3 Å². The monoisotopic (exact) mass is 979 g/mol. The third kappa shape index (κ3) is 6.47. The number of aliphatic hydroxyl groups excluding tert-OH is 4. The molecule has 384 valence electrons. The second-order valence-electron chi connectivity index (χ2n) is 25.5. The summed E-state index contributed by atoms with van der Waals surface area (Å²) in [7, 11) is 0. The summed E-state index contributed by atoms with van der Waals surface area (Å²) in [5.74, 6) is -2.41. The number of ketones is 1. The molecule has 0 aromatic heterocycles. The number of Topliss-reactive ketones (excluding diaryl/α,β-unsaturated/α-hetero) is 1. The number of phenols is 2. The molecule has 5 spiro atoms. The molecule has 2 aromatic carbocycles. The van der Waals surface area contributed by atoms with Crippen molar-refractivity contribution in [3.63, 3.8) is 0 Å². The van der Waals surface area contributed by atoms with Crippen molar-refractivity contribution >= 4 is 22.5 Å². The molecule has 13 heteroatoms. The molecular weight excluding hydrogens is 905 g/mol. The Kier molecular flexibility index (Phi) is 10.8. The topological polar surface area (TPSA) is 213 Å². The van der Waals surface area contributed by atoms with E-state index in [4.69, 9.17) is 18.9 Å². The van der Waals surface area contributed by atoms with Crippen LogP contribution in [0.3, 0.4) is 0 Å². The molecule has 13 rings (SSSR count). The lowest BCUT2D eigenvalue weighted by molar-refractivity contribution is -0.336. The predicted molar refractivity (Wildman–Crippen MR) is 260 cm³/mol. The van der Waals surface area contributed by atoms with Crippen molar-refractivity contribution < 1.29 is 64.3 Å². The predicted octanol–water partition coefficient (Wildman–Crippen LogP) is 8.73. The summed E-state index contributed by atoms with van der Waals surface area (Å²) in [5, 5.41) is 81.1. The zero-order valence-corrected chi connectivity index (χ0v) is 41.6. The number of allylic oxidation sites excluding steroid dienone is 2. The molecule has 7 N–H and O–H groups in total. The van der Waals surface area contributed by atoms with E-state index in [-0.39, 0.29) is 74.8 Å². The molecule has 0 amide bonds. The van der Waals surface area contributed by atoms with Gasteiger partial charge in [-0.1, -0.05) is 25.3 Å². The maximum Gasteiger partial charge on any atom is 0.335 e. The molecule has 9 fully saturated rings. The third-order valence-electron chi connectivity index (χ3n) is 22.5. The van der Waals surface area contributed by atoms with Crippen molar-refractivity contribution in [2.75, 3.05) is 19.8 Å². The average molecular weight is 979 g/mol. The molecule has 0 radical (unpaired) electrons. The number of phenolic OH excluding ortho intramolecular Hbond substituents is 2. The molecule has 4 aliphatic heterocycles. The Bertz CT molecular complexity index is 2650. The van der Waals surface area contributed by atoms with Gasteiger partial charge in [-0.15, -0.1) is 0 Å². The summed E-state index contributed by atoms with van der Waals surface area (Å²) >= 11 is 0. The average Bonchev–Trinajstić information content (AvgIpc) is 4.18. The van der Waals surface area contributed by atoms with Crippen molar-refractivity contribution in [3.05, 3.63) is 51.6 Å². The van der Waals surface area contributed by atoms with Crippen LogP contribution in [0.4, 0.5) is 0 Å². The summed E-state index contributed by atoms with van der Waals surface area (Å²) < 4.78 is 27.4. The fourth-order valence-electron chi connectivity index (χ4n) is 20.0. The number of hydrogen-bond donors (Lipinski definition) is 7. The van der Waals surface area contributed by atoms with Gasteiger partial charge in [0.15, 0.2) is 5.78 Å². The second-order valence-corrected chi connectivity index (χ2v) is 25.5. The molecule has 2 bridgehead atoms. The Morgan fingerprint density at radius 2 is 1.62 bits per heavy atom. The summed E-state index contributed by atoms with van der Waals surface area (Å²) in [6.07, 6.45) is 17.6. The molecule has 2 aromatic rings. The summed E-state index contributed by atoms with van der Waals surface area (Å²) in [6.45, 7) is 4.13. The minimum absolute atomic E-state index is 0.0627. The van der Waals surface area contributed by atoms with E-state index < -0.39 is 65.7 Å². The number of benzene rings is 2. The maximum atomic E-state index is 13.0. The number of carboxylic acids is 1. The normalized spacial score (nSPS) is 43.7. The van der Waals surface area contributed by atoms with Crippen molar-refractivity contribution in [3.8, 4) is 17.2 Å². The molecule has 4 heterocycles. The lowest BCUT2D eigenvalue weighted by Gasteiger charge is -2.64. The number of fused-ring (bicyclic) bond motifs is 6. The molecule has 0 unspecified atom stereocenters. The van der Waals surface area contributed by atoms with E-state index in [1.54, 1.807) is 0 Å². The molecule has 7 aliphatic carbocycles. The number of aliphatic hydroxyl groups is 4. The molecule has 11 aliphatic rings. The number of carbonyl (C=O) groups is 2. The lowest BCUT2D eigenvalue weighted by atomic mass is 9.42. The zero-order valence-electron chi connectivity index (χ0n) is 41.6. The van der Waals surface area contributed by atoms with Gasteiger partial charge in [-0.05, 0) is 204 Å². The third-order valence-corrected chi connectivity index (χ3v) is 22.5. The fourth-order valence-corrected chi connectivity index (χ4v) is 20.0. The minimum Gasteiger partial charge on any atom is -0.507 e. The van der Waals surface area contributed by atoms with E-state index in [0.29, 0.717) is 61.1 Å².